The van der Waals surface area contributed by atoms with E-state index in [4.69, 9.17) is 0 Å². The van der Waals surface area contributed by atoms with Gasteiger partial charge in [-0.15, -0.1) is 11.3 Å². The summed E-state index contributed by atoms with van der Waals surface area (Å²) >= 11 is 1.27. The summed E-state index contributed by atoms with van der Waals surface area (Å²) < 4.78 is 0. The minimum Gasteiger partial charge on any atom is -0.508 e. The third-order valence-electron chi connectivity index (χ3n) is 5.05. The molecule has 1 aromatic carbocycles. The second-order valence-electron chi connectivity index (χ2n) is 6.59. The second kappa shape index (κ2) is 8.58. The van der Waals surface area contributed by atoms with Crippen molar-refractivity contribution in [1.82, 2.24) is 9.80 Å². The molecule has 2 aromatic rings. The summed E-state index contributed by atoms with van der Waals surface area (Å²) in [5.41, 5.74) is 0.771. The van der Waals surface area contributed by atoms with Crippen LogP contribution in [0.2, 0.25) is 0 Å². The number of hydrogen-bond donors (Lipinski definition) is 2. The Balaban J connectivity index is 1.99. The molecule has 1 aromatic heterocycles. The summed E-state index contributed by atoms with van der Waals surface area (Å²) in [5, 5.41) is 22.0. The topological polar surface area (TPSA) is 81.1 Å². The average Bonchev–Trinajstić information content (AvgIpc) is 3.32. The number of carbonyl (C=O) groups is 2. The lowest BCUT2D eigenvalue weighted by molar-refractivity contribution is -0.129. The van der Waals surface area contributed by atoms with Crippen LogP contribution >= 0.6 is 11.3 Å². The number of carbonyl (C=O) groups excluding carboxylic acids is 2. The largest absolute Gasteiger partial charge is 0.508 e. The van der Waals surface area contributed by atoms with Crippen LogP contribution in [0.5, 0.6) is 5.75 Å². The Morgan fingerprint density at radius 3 is 2.39 bits per heavy atom. The van der Waals surface area contributed by atoms with Gasteiger partial charge in [-0.2, -0.15) is 0 Å². The number of aliphatic hydroxyl groups is 1. The van der Waals surface area contributed by atoms with E-state index in [9.17, 15) is 19.8 Å². The summed E-state index contributed by atoms with van der Waals surface area (Å²) in [6.45, 7) is 6.83. The van der Waals surface area contributed by atoms with E-state index in [0.717, 1.165) is 13.1 Å². The highest BCUT2D eigenvalue weighted by molar-refractivity contribution is 7.12. The van der Waals surface area contributed by atoms with E-state index in [1.54, 1.807) is 34.5 Å². The molecule has 0 radical (unpaired) electrons. The number of rotatable bonds is 8. The molecule has 0 aliphatic carbocycles. The van der Waals surface area contributed by atoms with Crippen LogP contribution in [-0.4, -0.2) is 57.9 Å². The molecule has 1 atom stereocenters. The molecule has 1 aliphatic heterocycles. The summed E-state index contributed by atoms with van der Waals surface area (Å²) in [6.07, 6.45) is 0. The molecular weight excluding hydrogens is 376 g/mol. The van der Waals surface area contributed by atoms with Crippen molar-refractivity contribution < 1.29 is 19.8 Å². The zero-order chi connectivity index (χ0) is 20.3. The predicted molar refractivity (Wildman–Crippen MR) is 109 cm³/mol. The van der Waals surface area contributed by atoms with Crippen LogP contribution in [0.1, 0.15) is 35.1 Å². The molecule has 28 heavy (non-hydrogen) atoms. The van der Waals surface area contributed by atoms with Gasteiger partial charge in [0.15, 0.2) is 5.76 Å². The Morgan fingerprint density at radius 1 is 1.14 bits per heavy atom. The van der Waals surface area contributed by atoms with Gasteiger partial charge < -0.3 is 20.0 Å². The number of thiophene rings is 1. The third kappa shape index (κ3) is 3.81. The normalized spacial score (nSPS) is 17.0. The van der Waals surface area contributed by atoms with E-state index >= 15 is 0 Å². The first-order valence-corrected chi connectivity index (χ1v) is 10.2. The van der Waals surface area contributed by atoms with Gasteiger partial charge in [0.2, 0.25) is 5.78 Å². The van der Waals surface area contributed by atoms with Crippen LogP contribution in [0.3, 0.4) is 0 Å². The molecule has 0 saturated carbocycles. The van der Waals surface area contributed by atoms with Crippen LogP contribution in [0.15, 0.2) is 53.1 Å². The number of nitrogens with zero attached hydrogens (tertiary/aromatic N) is 2. The highest BCUT2D eigenvalue weighted by Crippen LogP contribution is 2.39. The molecule has 2 N–H and O–H groups in total. The molecule has 7 heteroatoms. The van der Waals surface area contributed by atoms with Crippen molar-refractivity contribution in [3.05, 3.63) is 63.6 Å². The van der Waals surface area contributed by atoms with E-state index in [-0.39, 0.29) is 17.1 Å². The fourth-order valence-electron chi connectivity index (χ4n) is 3.45. The van der Waals surface area contributed by atoms with Crippen molar-refractivity contribution in [1.29, 1.82) is 0 Å². The molecular formula is C21H24N2O4S. The standard InChI is InChI=1S/C21H24N2O4S/c1-3-22(4-2)11-12-23-18(14-7-9-15(24)10-8-14)17(20(26)21(23)27)19(25)16-6-5-13-28-16/h5-10,13,18,24,26H,3-4,11-12H2,1-2H3. The SMILES string of the molecule is CCN(CC)CCN1C(=O)C(O)=C(C(=O)c2cccs2)C1c1ccc(O)cc1. The van der Waals surface area contributed by atoms with Crippen LogP contribution in [0.4, 0.5) is 0 Å². The van der Waals surface area contributed by atoms with E-state index < -0.39 is 17.7 Å². The van der Waals surface area contributed by atoms with Gasteiger partial charge in [-0.25, -0.2) is 0 Å². The Bertz CT molecular complexity index is 870. The summed E-state index contributed by atoms with van der Waals surface area (Å²) in [7, 11) is 0. The lowest BCUT2D eigenvalue weighted by Gasteiger charge is -2.29. The Kier molecular flexibility index (Phi) is 6.16. The maximum absolute atomic E-state index is 13.1. The Morgan fingerprint density at radius 2 is 1.82 bits per heavy atom. The van der Waals surface area contributed by atoms with E-state index in [0.29, 0.717) is 23.5 Å². The molecule has 1 amide bonds. The minimum atomic E-state index is -0.682. The second-order valence-corrected chi connectivity index (χ2v) is 7.54. The molecule has 3 rings (SSSR count). The van der Waals surface area contributed by atoms with Crippen LogP contribution in [-0.2, 0) is 4.79 Å². The lowest BCUT2D eigenvalue weighted by Crippen LogP contribution is -2.38. The molecule has 1 unspecified atom stereocenters. The smallest absolute Gasteiger partial charge is 0.290 e. The van der Waals surface area contributed by atoms with Gasteiger partial charge in [0.1, 0.15) is 5.75 Å². The fraction of sp³-hybridized carbons (Fsp3) is 0.333. The van der Waals surface area contributed by atoms with Gasteiger partial charge in [-0.05, 0) is 42.2 Å². The first-order valence-electron chi connectivity index (χ1n) is 9.31. The van der Waals surface area contributed by atoms with Crippen molar-refractivity contribution >= 4 is 23.0 Å². The number of phenols is 1. The summed E-state index contributed by atoms with van der Waals surface area (Å²) in [4.78, 5) is 30.1. The minimum absolute atomic E-state index is 0.0951. The Labute approximate surface area is 168 Å². The van der Waals surface area contributed by atoms with Gasteiger partial charge in [0.05, 0.1) is 16.5 Å². The molecule has 148 valence electrons. The zero-order valence-electron chi connectivity index (χ0n) is 16.0. The average molecular weight is 401 g/mol. The monoisotopic (exact) mass is 400 g/mol. The van der Waals surface area contributed by atoms with Gasteiger partial charge >= 0.3 is 0 Å². The maximum Gasteiger partial charge on any atom is 0.290 e. The molecule has 0 saturated heterocycles. The van der Waals surface area contributed by atoms with Gasteiger partial charge in [0.25, 0.3) is 5.91 Å². The van der Waals surface area contributed by atoms with Crippen molar-refractivity contribution in [2.24, 2.45) is 0 Å². The van der Waals surface area contributed by atoms with Crippen molar-refractivity contribution in [3.63, 3.8) is 0 Å². The van der Waals surface area contributed by atoms with Crippen LogP contribution in [0.25, 0.3) is 0 Å². The number of likely N-dealkylation sites (N-methyl/N-ethyl adjacent to an activating group) is 1. The maximum atomic E-state index is 13.1. The van der Waals surface area contributed by atoms with Gasteiger partial charge in [-0.1, -0.05) is 32.0 Å². The molecule has 6 nitrogen and oxygen atoms in total. The molecule has 0 fully saturated rings. The molecule has 1 aliphatic rings. The highest BCUT2D eigenvalue weighted by Gasteiger charge is 2.43. The number of aromatic hydroxyl groups is 1. The number of aliphatic hydroxyl groups excluding tert-OH is 1. The van der Waals surface area contributed by atoms with Crippen molar-refractivity contribution in [2.75, 3.05) is 26.2 Å². The van der Waals surface area contributed by atoms with Crippen LogP contribution in [0, 0.1) is 0 Å². The van der Waals surface area contributed by atoms with Crippen molar-refractivity contribution in [3.8, 4) is 5.75 Å². The van der Waals surface area contributed by atoms with Gasteiger partial charge in [-0.3, -0.25) is 9.59 Å². The first kappa shape index (κ1) is 20.1. The van der Waals surface area contributed by atoms with E-state index in [1.165, 1.54) is 23.5 Å². The molecule has 0 spiro atoms. The third-order valence-corrected chi connectivity index (χ3v) is 5.92. The summed E-state index contributed by atoms with van der Waals surface area (Å²) in [6, 6.07) is 9.16. The molecule has 0 bridgehead atoms. The highest BCUT2D eigenvalue weighted by atomic mass is 32.1. The fourth-order valence-corrected chi connectivity index (χ4v) is 4.13. The number of hydrogen-bond acceptors (Lipinski definition) is 6. The first-order chi connectivity index (χ1) is 13.5. The number of phenolic OH excluding ortho intramolecular Hbond substituents is 1. The quantitative estimate of drug-likeness (QED) is 0.664. The van der Waals surface area contributed by atoms with E-state index in [1.807, 2.05) is 13.8 Å². The van der Waals surface area contributed by atoms with Crippen molar-refractivity contribution in [2.45, 2.75) is 19.9 Å². The van der Waals surface area contributed by atoms with Gasteiger partial charge in [0, 0.05) is 13.1 Å². The number of benzene rings is 1. The lowest BCUT2D eigenvalue weighted by atomic mass is 9.95. The zero-order valence-corrected chi connectivity index (χ0v) is 16.8. The predicted octanol–water partition coefficient (Wildman–Crippen LogP) is 3.37. The number of ketones is 1. The number of amides is 1. The summed E-state index contributed by atoms with van der Waals surface area (Å²) in [5.74, 6) is -1.27. The van der Waals surface area contributed by atoms with E-state index in [2.05, 4.69) is 4.90 Å². The van der Waals surface area contributed by atoms with Crippen LogP contribution < -0.4 is 0 Å². The number of Topliss-reactive ketones (excluding diaryl/α,β-unsaturated/α-hetero) is 1. The molecule has 2 heterocycles. The Hall–Kier alpha value is -2.64.